The van der Waals surface area contributed by atoms with Gasteiger partial charge in [-0.1, -0.05) is 41.9 Å². The molecule has 0 aliphatic heterocycles. The standard InChI is InChI=1S/C19H16ClFN6O/c20-14-6-2-1-5-12(14)10-23-18-25-19-24-13(9-17(28)27(19)26-18)11-22-16-8-4-3-7-15(16)21/h1-9,22H,10-11H2,(H2,23,24,25,26). The molecule has 3 N–H and O–H groups in total. The molecule has 142 valence electrons. The SMILES string of the molecule is O=c1cc(CNc2ccccc2F)nc2nc(NCc3ccccc3Cl)[nH]n12. The molecule has 0 unspecified atom stereocenters. The molecule has 7 nitrogen and oxygen atoms in total. The van der Waals surface area contributed by atoms with Gasteiger partial charge in [-0.25, -0.2) is 9.37 Å². The minimum Gasteiger partial charge on any atom is -0.377 e. The van der Waals surface area contributed by atoms with Gasteiger partial charge < -0.3 is 10.6 Å². The number of hydrogen-bond acceptors (Lipinski definition) is 5. The maximum absolute atomic E-state index is 13.7. The molecule has 0 saturated heterocycles. The number of aromatic nitrogens is 4. The Morgan fingerprint density at radius 3 is 2.64 bits per heavy atom. The van der Waals surface area contributed by atoms with E-state index < -0.39 is 0 Å². The molecule has 0 atom stereocenters. The summed E-state index contributed by atoms with van der Waals surface area (Å²) in [5, 5.41) is 9.52. The number of fused-ring (bicyclic) bond motifs is 1. The fourth-order valence-corrected chi connectivity index (χ4v) is 2.91. The summed E-state index contributed by atoms with van der Waals surface area (Å²) in [4.78, 5) is 21.0. The van der Waals surface area contributed by atoms with Gasteiger partial charge >= 0.3 is 0 Å². The van der Waals surface area contributed by atoms with Crippen LogP contribution in [0.4, 0.5) is 16.0 Å². The number of aromatic amines is 1. The summed E-state index contributed by atoms with van der Waals surface area (Å²) in [6.07, 6.45) is 0. The Bertz CT molecular complexity index is 1190. The van der Waals surface area contributed by atoms with Crippen LogP contribution in [0.15, 0.2) is 59.4 Å². The number of para-hydroxylation sites is 1. The van der Waals surface area contributed by atoms with Gasteiger partial charge in [0.2, 0.25) is 5.95 Å². The summed E-state index contributed by atoms with van der Waals surface area (Å²) in [6.45, 7) is 0.637. The predicted molar refractivity (Wildman–Crippen MR) is 106 cm³/mol. The van der Waals surface area contributed by atoms with E-state index in [0.717, 1.165) is 5.56 Å². The van der Waals surface area contributed by atoms with E-state index in [1.54, 1.807) is 24.3 Å². The number of H-pyrrole nitrogens is 1. The highest BCUT2D eigenvalue weighted by atomic mass is 35.5. The maximum atomic E-state index is 13.7. The van der Waals surface area contributed by atoms with E-state index in [9.17, 15) is 9.18 Å². The maximum Gasteiger partial charge on any atom is 0.274 e. The van der Waals surface area contributed by atoms with Crippen LogP contribution < -0.4 is 16.2 Å². The van der Waals surface area contributed by atoms with Crippen LogP contribution in [0.3, 0.4) is 0 Å². The number of nitrogens with one attached hydrogen (secondary N) is 3. The number of rotatable bonds is 6. The van der Waals surface area contributed by atoms with Crippen molar-refractivity contribution in [2.75, 3.05) is 10.6 Å². The Kier molecular flexibility index (Phi) is 4.94. The van der Waals surface area contributed by atoms with Crippen molar-refractivity contribution in [3.05, 3.63) is 87.0 Å². The van der Waals surface area contributed by atoms with Gasteiger partial charge in [0.25, 0.3) is 11.3 Å². The van der Waals surface area contributed by atoms with Crippen LogP contribution in [0.1, 0.15) is 11.3 Å². The van der Waals surface area contributed by atoms with Crippen molar-refractivity contribution in [2.24, 2.45) is 0 Å². The van der Waals surface area contributed by atoms with Gasteiger partial charge in [0.15, 0.2) is 0 Å². The molecule has 0 spiro atoms. The minimum absolute atomic E-state index is 0.196. The van der Waals surface area contributed by atoms with Gasteiger partial charge in [0, 0.05) is 17.6 Å². The third-order valence-electron chi connectivity index (χ3n) is 4.12. The summed E-state index contributed by atoms with van der Waals surface area (Å²) in [7, 11) is 0. The molecule has 0 amide bonds. The normalized spacial score (nSPS) is 10.9. The monoisotopic (exact) mass is 398 g/mol. The van der Waals surface area contributed by atoms with Crippen LogP contribution in [0, 0.1) is 5.82 Å². The Morgan fingerprint density at radius 1 is 1.04 bits per heavy atom. The van der Waals surface area contributed by atoms with Crippen LogP contribution in [0.2, 0.25) is 5.02 Å². The number of hydrogen-bond donors (Lipinski definition) is 3. The number of anilines is 2. The van der Waals surface area contributed by atoms with Crippen LogP contribution in [-0.4, -0.2) is 19.6 Å². The second-order valence-electron chi connectivity index (χ2n) is 6.07. The van der Waals surface area contributed by atoms with Crippen molar-refractivity contribution in [1.82, 2.24) is 19.6 Å². The van der Waals surface area contributed by atoms with Gasteiger partial charge in [0.1, 0.15) is 5.82 Å². The topological polar surface area (TPSA) is 87.1 Å². The zero-order chi connectivity index (χ0) is 19.5. The van der Waals surface area contributed by atoms with E-state index in [2.05, 4.69) is 25.7 Å². The molecular formula is C19H16ClFN6O. The first-order valence-electron chi connectivity index (χ1n) is 8.54. The first-order chi connectivity index (χ1) is 13.6. The lowest BCUT2D eigenvalue weighted by Crippen LogP contribution is -2.17. The molecule has 28 heavy (non-hydrogen) atoms. The Hall–Kier alpha value is -3.39. The average molecular weight is 399 g/mol. The Labute approximate surface area is 164 Å². The zero-order valence-corrected chi connectivity index (χ0v) is 15.4. The van der Waals surface area contributed by atoms with Crippen LogP contribution >= 0.6 is 11.6 Å². The summed E-state index contributed by atoms with van der Waals surface area (Å²) in [5.74, 6) is 0.245. The summed E-state index contributed by atoms with van der Waals surface area (Å²) >= 11 is 6.14. The molecule has 0 bridgehead atoms. The van der Waals surface area contributed by atoms with Crippen molar-refractivity contribution in [3.8, 4) is 0 Å². The Morgan fingerprint density at radius 2 is 1.82 bits per heavy atom. The Balaban J connectivity index is 1.51. The van der Waals surface area contributed by atoms with Gasteiger partial charge in [-0.05, 0) is 23.8 Å². The van der Waals surface area contributed by atoms with Gasteiger partial charge in [0.05, 0.1) is 17.9 Å². The van der Waals surface area contributed by atoms with E-state index in [-0.39, 0.29) is 23.7 Å². The fourth-order valence-electron chi connectivity index (χ4n) is 2.71. The highest BCUT2D eigenvalue weighted by Crippen LogP contribution is 2.16. The molecule has 4 aromatic rings. The molecule has 9 heteroatoms. The zero-order valence-electron chi connectivity index (χ0n) is 14.6. The molecule has 0 aliphatic carbocycles. The lowest BCUT2D eigenvalue weighted by molar-refractivity contribution is 0.630. The van der Waals surface area contributed by atoms with E-state index in [1.165, 1.54) is 16.6 Å². The van der Waals surface area contributed by atoms with E-state index >= 15 is 0 Å². The van der Waals surface area contributed by atoms with Gasteiger partial charge in [-0.15, -0.1) is 0 Å². The van der Waals surface area contributed by atoms with Crippen molar-refractivity contribution in [2.45, 2.75) is 13.1 Å². The van der Waals surface area contributed by atoms with Gasteiger partial charge in [-0.2, -0.15) is 9.50 Å². The predicted octanol–water partition coefficient (Wildman–Crippen LogP) is 3.43. The van der Waals surface area contributed by atoms with E-state index in [1.807, 2.05) is 18.2 Å². The van der Waals surface area contributed by atoms with Crippen LogP contribution in [0.25, 0.3) is 5.78 Å². The molecule has 2 aromatic heterocycles. The van der Waals surface area contributed by atoms with Gasteiger partial charge in [-0.3, -0.25) is 9.89 Å². The first-order valence-corrected chi connectivity index (χ1v) is 8.92. The quantitative estimate of drug-likeness (QED) is 0.463. The summed E-state index contributed by atoms with van der Waals surface area (Å²) in [5.41, 5.74) is 1.39. The summed E-state index contributed by atoms with van der Waals surface area (Å²) < 4.78 is 14.9. The summed E-state index contributed by atoms with van der Waals surface area (Å²) in [6, 6.07) is 15.1. The molecule has 0 aliphatic rings. The highest BCUT2D eigenvalue weighted by molar-refractivity contribution is 6.31. The minimum atomic E-state index is -0.369. The molecule has 0 fully saturated rings. The number of nitrogens with zero attached hydrogens (tertiary/aromatic N) is 3. The smallest absolute Gasteiger partial charge is 0.274 e. The van der Waals surface area contributed by atoms with E-state index in [0.29, 0.717) is 28.9 Å². The highest BCUT2D eigenvalue weighted by Gasteiger charge is 2.09. The molecule has 2 heterocycles. The third kappa shape index (κ3) is 3.81. The van der Waals surface area contributed by atoms with Crippen LogP contribution in [-0.2, 0) is 13.1 Å². The molecule has 0 radical (unpaired) electrons. The van der Waals surface area contributed by atoms with Crippen molar-refractivity contribution in [1.29, 1.82) is 0 Å². The molecular weight excluding hydrogens is 383 g/mol. The lowest BCUT2D eigenvalue weighted by Gasteiger charge is -2.06. The fraction of sp³-hybridized carbons (Fsp3) is 0.105. The van der Waals surface area contributed by atoms with Crippen molar-refractivity contribution >= 4 is 29.0 Å². The second kappa shape index (κ2) is 7.69. The van der Waals surface area contributed by atoms with Crippen molar-refractivity contribution in [3.63, 3.8) is 0 Å². The third-order valence-corrected chi connectivity index (χ3v) is 4.49. The van der Waals surface area contributed by atoms with Crippen molar-refractivity contribution < 1.29 is 4.39 Å². The molecule has 0 saturated carbocycles. The van der Waals surface area contributed by atoms with E-state index in [4.69, 9.17) is 11.6 Å². The largest absolute Gasteiger partial charge is 0.377 e. The lowest BCUT2D eigenvalue weighted by atomic mass is 10.2. The molecule has 2 aromatic carbocycles. The number of benzene rings is 2. The molecule has 4 rings (SSSR count). The first kappa shape index (κ1) is 18.0. The number of halogens is 2. The average Bonchev–Trinajstić information content (AvgIpc) is 3.10. The van der Waals surface area contributed by atoms with Crippen LogP contribution in [0.5, 0.6) is 0 Å². The second-order valence-corrected chi connectivity index (χ2v) is 6.48.